The van der Waals surface area contributed by atoms with Gasteiger partial charge >= 0.3 is 11.9 Å². The van der Waals surface area contributed by atoms with E-state index in [0.29, 0.717) is 5.56 Å². The smallest absolute Gasteiger partial charge is 0.322 e. The molecule has 0 radical (unpaired) electrons. The van der Waals surface area contributed by atoms with Gasteiger partial charge in [-0.1, -0.05) is 12.1 Å². The Labute approximate surface area is 149 Å². The summed E-state index contributed by atoms with van der Waals surface area (Å²) in [5.74, 6) is -3.86. The third-order valence-electron chi connectivity index (χ3n) is 3.42. The molecule has 0 heterocycles. The van der Waals surface area contributed by atoms with E-state index >= 15 is 0 Å². The molecule has 0 spiro atoms. The zero-order chi connectivity index (χ0) is 19.7. The maximum absolute atomic E-state index is 12.2. The molecule has 0 fully saturated rings. The molecule has 1 aromatic rings. The molecule has 10 heteroatoms. The van der Waals surface area contributed by atoms with Gasteiger partial charge in [0.1, 0.15) is 18.3 Å². The van der Waals surface area contributed by atoms with Crippen molar-refractivity contribution in [2.45, 2.75) is 31.3 Å². The Morgan fingerprint density at radius 3 is 2.15 bits per heavy atom. The molecule has 0 aliphatic carbocycles. The first-order valence-electron chi connectivity index (χ1n) is 7.74. The van der Waals surface area contributed by atoms with Gasteiger partial charge < -0.3 is 31.7 Å². The van der Waals surface area contributed by atoms with E-state index in [1.54, 1.807) is 12.1 Å². The van der Waals surface area contributed by atoms with Gasteiger partial charge in [0.25, 0.3) is 0 Å². The molecular weight excluding hydrogens is 346 g/mol. The Balaban J connectivity index is 2.69. The maximum Gasteiger partial charge on any atom is 0.322 e. The summed E-state index contributed by atoms with van der Waals surface area (Å²) in [6.45, 7) is -0.655. The molecule has 26 heavy (non-hydrogen) atoms. The molecule has 2 atom stereocenters. The van der Waals surface area contributed by atoms with E-state index in [0.717, 1.165) is 0 Å². The van der Waals surface area contributed by atoms with Crippen LogP contribution in [0.15, 0.2) is 24.3 Å². The van der Waals surface area contributed by atoms with Crippen molar-refractivity contribution in [3.8, 4) is 5.75 Å². The van der Waals surface area contributed by atoms with Gasteiger partial charge in [0.15, 0.2) is 0 Å². The lowest BCUT2D eigenvalue weighted by molar-refractivity contribution is -0.140. The highest BCUT2D eigenvalue weighted by atomic mass is 16.4. The molecule has 0 bridgehead atoms. The lowest BCUT2D eigenvalue weighted by Gasteiger charge is -2.20. The number of phenols is 1. The van der Waals surface area contributed by atoms with E-state index in [1.807, 2.05) is 0 Å². The van der Waals surface area contributed by atoms with Crippen molar-refractivity contribution < 1.29 is 34.5 Å². The number of aromatic hydroxyl groups is 1. The fourth-order valence-electron chi connectivity index (χ4n) is 2.08. The van der Waals surface area contributed by atoms with Gasteiger partial charge in [0.2, 0.25) is 11.8 Å². The SMILES string of the molecule is N[C@@H](Cc1ccc(O)cc1)C(=O)N[C@@H](CCC(=O)O)C(=O)NCC(=O)O. The van der Waals surface area contributed by atoms with Crippen LogP contribution >= 0.6 is 0 Å². The molecule has 0 aliphatic heterocycles. The number of amides is 2. The molecule has 0 aromatic heterocycles. The number of phenolic OH excluding ortho intramolecular Hbond substituents is 1. The van der Waals surface area contributed by atoms with Crippen LogP contribution in [0.2, 0.25) is 0 Å². The fraction of sp³-hybridized carbons (Fsp3) is 0.375. The zero-order valence-corrected chi connectivity index (χ0v) is 13.8. The predicted octanol–water partition coefficient (Wildman–Crippen LogP) is -1.19. The molecule has 10 nitrogen and oxygen atoms in total. The number of carboxylic acid groups (broad SMARTS) is 2. The van der Waals surface area contributed by atoms with Gasteiger partial charge in [-0.25, -0.2) is 0 Å². The van der Waals surface area contributed by atoms with Crippen LogP contribution in [0.1, 0.15) is 18.4 Å². The molecule has 7 N–H and O–H groups in total. The minimum Gasteiger partial charge on any atom is -0.508 e. The zero-order valence-electron chi connectivity index (χ0n) is 13.8. The first kappa shape index (κ1) is 20.9. The van der Waals surface area contributed by atoms with Gasteiger partial charge in [-0.15, -0.1) is 0 Å². The number of hydrogen-bond donors (Lipinski definition) is 6. The molecule has 0 saturated carbocycles. The summed E-state index contributed by atoms with van der Waals surface area (Å²) >= 11 is 0. The van der Waals surface area contributed by atoms with E-state index in [-0.39, 0.29) is 18.6 Å². The predicted molar refractivity (Wildman–Crippen MR) is 89.2 cm³/mol. The second-order valence-electron chi connectivity index (χ2n) is 5.58. The van der Waals surface area contributed by atoms with Crippen LogP contribution in [-0.4, -0.2) is 57.7 Å². The van der Waals surface area contributed by atoms with Crippen molar-refractivity contribution in [3.05, 3.63) is 29.8 Å². The Morgan fingerprint density at radius 2 is 1.62 bits per heavy atom. The maximum atomic E-state index is 12.2. The number of aliphatic carboxylic acids is 2. The highest BCUT2D eigenvalue weighted by Crippen LogP contribution is 2.11. The van der Waals surface area contributed by atoms with Crippen molar-refractivity contribution in [2.75, 3.05) is 6.54 Å². The average molecular weight is 367 g/mol. The Bertz CT molecular complexity index is 660. The van der Waals surface area contributed by atoms with Crippen LogP contribution in [0.25, 0.3) is 0 Å². The van der Waals surface area contributed by atoms with Crippen LogP contribution in [0.3, 0.4) is 0 Å². The van der Waals surface area contributed by atoms with Crippen molar-refractivity contribution in [3.63, 3.8) is 0 Å². The monoisotopic (exact) mass is 367 g/mol. The number of nitrogens with one attached hydrogen (secondary N) is 2. The molecule has 0 saturated heterocycles. The van der Waals surface area contributed by atoms with Crippen LogP contribution < -0.4 is 16.4 Å². The minimum atomic E-state index is -1.27. The summed E-state index contributed by atoms with van der Waals surface area (Å²) in [4.78, 5) is 45.4. The topological polar surface area (TPSA) is 179 Å². The largest absolute Gasteiger partial charge is 0.508 e. The van der Waals surface area contributed by atoms with Crippen molar-refractivity contribution in [2.24, 2.45) is 5.73 Å². The second-order valence-corrected chi connectivity index (χ2v) is 5.58. The van der Waals surface area contributed by atoms with Crippen molar-refractivity contribution in [1.82, 2.24) is 10.6 Å². The third-order valence-corrected chi connectivity index (χ3v) is 3.42. The van der Waals surface area contributed by atoms with Gasteiger partial charge in [0.05, 0.1) is 6.04 Å². The summed E-state index contributed by atoms with van der Waals surface area (Å²) in [7, 11) is 0. The normalized spacial score (nSPS) is 12.7. The summed E-state index contributed by atoms with van der Waals surface area (Å²) in [6.07, 6.45) is -0.467. The summed E-state index contributed by atoms with van der Waals surface area (Å²) in [5.41, 5.74) is 6.48. The summed E-state index contributed by atoms with van der Waals surface area (Å²) in [5, 5.41) is 31.0. The second kappa shape index (κ2) is 9.99. The van der Waals surface area contributed by atoms with Crippen LogP contribution in [0.4, 0.5) is 0 Å². The van der Waals surface area contributed by atoms with Crippen LogP contribution in [-0.2, 0) is 25.6 Å². The van der Waals surface area contributed by atoms with Crippen LogP contribution in [0, 0.1) is 0 Å². The van der Waals surface area contributed by atoms with E-state index in [2.05, 4.69) is 10.6 Å². The first-order chi connectivity index (χ1) is 12.2. The molecule has 2 amide bonds. The number of nitrogens with two attached hydrogens (primary N) is 1. The molecular formula is C16H21N3O7. The van der Waals surface area contributed by atoms with E-state index in [4.69, 9.17) is 15.9 Å². The number of carboxylic acids is 2. The number of rotatable bonds is 10. The first-order valence-corrected chi connectivity index (χ1v) is 7.74. The van der Waals surface area contributed by atoms with Crippen molar-refractivity contribution in [1.29, 1.82) is 0 Å². The Kier molecular flexibility index (Phi) is 8.03. The number of carbonyl (C=O) groups is 4. The highest BCUT2D eigenvalue weighted by molar-refractivity contribution is 5.91. The van der Waals surface area contributed by atoms with Gasteiger partial charge in [-0.05, 0) is 30.5 Å². The lowest BCUT2D eigenvalue weighted by atomic mass is 10.0. The highest BCUT2D eigenvalue weighted by Gasteiger charge is 2.24. The van der Waals surface area contributed by atoms with Gasteiger partial charge in [-0.2, -0.15) is 0 Å². The molecule has 0 aliphatic rings. The molecule has 1 aromatic carbocycles. The average Bonchev–Trinajstić information content (AvgIpc) is 2.57. The molecule has 1 rings (SSSR count). The number of carbonyl (C=O) groups excluding carboxylic acids is 2. The Morgan fingerprint density at radius 1 is 1.00 bits per heavy atom. The van der Waals surface area contributed by atoms with Gasteiger partial charge in [0, 0.05) is 6.42 Å². The Hall–Kier alpha value is -3.14. The third kappa shape index (κ3) is 7.62. The number of hydrogen-bond acceptors (Lipinski definition) is 6. The minimum absolute atomic E-state index is 0.0654. The number of benzene rings is 1. The van der Waals surface area contributed by atoms with E-state index in [9.17, 15) is 24.3 Å². The van der Waals surface area contributed by atoms with Crippen LogP contribution in [0.5, 0.6) is 5.75 Å². The van der Waals surface area contributed by atoms with Gasteiger partial charge in [-0.3, -0.25) is 19.2 Å². The standard InChI is InChI=1S/C16H21N3O7/c17-11(7-9-1-3-10(20)4-2-9)15(25)19-12(5-6-13(21)22)16(26)18-8-14(23)24/h1-4,11-12,20H,5-8,17H2,(H,18,26)(H,19,25)(H,21,22)(H,23,24)/t11-,12-/m0/s1. The summed E-state index contributed by atoms with van der Waals surface area (Å²) in [6, 6.07) is 3.82. The fourth-order valence-corrected chi connectivity index (χ4v) is 2.08. The molecule has 0 unspecified atom stereocenters. The lowest BCUT2D eigenvalue weighted by Crippen LogP contribution is -2.52. The quantitative estimate of drug-likeness (QED) is 0.299. The molecule has 142 valence electrons. The summed E-state index contributed by atoms with van der Waals surface area (Å²) < 4.78 is 0. The van der Waals surface area contributed by atoms with E-state index in [1.165, 1.54) is 12.1 Å². The van der Waals surface area contributed by atoms with E-state index < -0.39 is 48.8 Å². The van der Waals surface area contributed by atoms with Crippen molar-refractivity contribution >= 4 is 23.8 Å².